The fourth-order valence-electron chi connectivity index (χ4n) is 2.58. The smallest absolute Gasteiger partial charge is 0.414 e. The van der Waals surface area contributed by atoms with Gasteiger partial charge in [-0.2, -0.15) is 0 Å². The standard InChI is InChI=1S/C18H18N2O3S/c1-24-16-10-6-5-9-15(16)17(21)19-11-14-12-20(18(22)23-14)13-7-3-2-4-8-13/h2-10,14H,11-12H2,1H3,(H,19,21)/t14-/m1/s1. The predicted octanol–water partition coefficient (Wildman–Crippen LogP) is 3.16. The van der Waals surface area contributed by atoms with Crippen molar-refractivity contribution in [3.8, 4) is 0 Å². The predicted molar refractivity (Wildman–Crippen MR) is 94.6 cm³/mol. The number of amides is 2. The maximum atomic E-state index is 12.3. The van der Waals surface area contributed by atoms with E-state index in [0.29, 0.717) is 12.1 Å². The second-order valence-corrected chi connectivity index (χ2v) is 6.21. The van der Waals surface area contributed by atoms with Gasteiger partial charge in [0.05, 0.1) is 18.7 Å². The fraction of sp³-hybridized carbons (Fsp3) is 0.222. The Kier molecular flexibility index (Phi) is 5.05. The summed E-state index contributed by atoms with van der Waals surface area (Å²) in [5.74, 6) is -0.158. The molecule has 0 unspecified atom stereocenters. The molecule has 1 saturated heterocycles. The first-order valence-electron chi connectivity index (χ1n) is 7.63. The van der Waals surface area contributed by atoms with Crippen LogP contribution in [0.4, 0.5) is 10.5 Å². The van der Waals surface area contributed by atoms with Gasteiger partial charge in [0.15, 0.2) is 0 Å². The van der Waals surface area contributed by atoms with Gasteiger partial charge >= 0.3 is 6.09 Å². The molecule has 1 aliphatic rings. The average molecular weight is 342 g/mol. The Balaban J connectivity index is 1.60. The molecule has 0 bridgehead atoms. The van der Waals surface area contributed by atoms with Crippen molar-refractivity contribution in [3.05, 3.63) is 60.2 Å². The van der Waals surface area contributed by atoms with Crippen molar-refractivity contribution in [2.75, 3.05) is 24.2 Å². The lowest BCUT2D eigenvalue weighted by Crippen LogP contribution is -2.34. The largest absolute Gasteiger partial charge is 0.442 e. The SMILES string of the molecule is CSc1ccccc1C(=O)NC[C@@H]1CN(c2ccccc2)C(=O)O1. The molecule has 0 aliphatic carbocycles. The van der Waals surface area contributed by atoms with E-state index in [0.717, 1.165) is 10.6 Å². The molecule has 124 valence electrons. The monoisotopic (exact) mass is 342 g/mol. The van der Waals surface area contributed by atoms with Crippen molar-refractivity contribution in [2.45, 2.75) is 11.0 Å². The molecule has 6 heteroatoms. The molecule has 1 N–H and O–H groups in total. The van der Waals surface area contributed by atoms with Gasteiger partial charge in [0.25, 0.3) is 5.91 Å². The summed E-state index contributed by atoms with van der Waals surface area (Å²) in [6.45, 7) is 0.712. The summed E-state index contributed by atoms with van der Waals surface area (Å²) in [6, 6.07) is 16.8. The molecule has 3 rings (SSSR count). The average Bonchev–Trinajstić information content (AvgIpc) is 3.01. The Hall–Kier alpha value is -2.47. The topological polar surface area (TPSA) is 58.6 Å². The highest BCUT2D eigenvalue weighted by Crippen LogP contribution is 2.22. The normalized spacial score (nSPS) is 16.8. The number of rotatable bonds is 5. The van der Waals surface area contributed by atoms with E-state index >= 15 is 0 Å². The molecule has 5 nitrogen and oxygen atoms in total. The summed E-state index contributed by atoms with van der Waals surface area (Å²) < 4.78 is 5.34. The Morgan fingerprint density at radius 2 is 1.92 bits per heavy atom. The number of carbonyl (C=O) groups is 2. The van der Waals surface area contributed by atoms with Crippen LogP contribution in [-0.4, -0.2) is 37.4 Å². The van der Waals surface area contributed by atoms with Crippen molar-refractivity contribution in [3.63, 3.8) is 0 Å². The van der Waals surface area contributed by atoms with Crippen molar-refractivity contribution in [2.24, 2.45) is 0 Å². The van der Waals surface area contributed by atoms with Gasteiger partial charge < -0.3 is 10.1 Å². The third kappa shape index (κ3) is 3.54. The minimum atomic E-state index is -0.384. The van der Waals surface area contributed by atoms with Crippen molar-refractivity contribution < 1.29 is 14.3 Å². The van der Waals surface area contributed by atoms with Gasteiger partial charge in [0.1, 0.15) is 6.10 Å². The van der Waals surface area contributed by atoms with Gasteiger partial charge in [-0.1, -0.05) is 30.3 Å². The number of benzene rings is 2. The lowest BCUT2D eigenvalue weighted by Gasteiger charge is -2.13. The highest BCUT2D eigenvalue weighted by Gasteiger charge is 2.32. The molecule has 1 heterocycles. The van der Waals surface area contributed by atoms with Crippen molar-refractivity contribution in [1.29, 1.82) is 0 Å². The maximum Gasteiger partial charge on any atom is 0.414 e. The summed E-state index contributed by atoms with van der Waals surface area (Å²) in [5, 5.41) is 2.85. The number of para-hydroxylation sites is 1. The first kappa shape index (κ1) is 16.4. The van der Waals surface area contributed by atoms with Gasteiger partial charge in [-0.15, -0.1) is 11.8 Å². The number of nitrogens with zero attached hydrogens (tertiary/aromatic N) is 1. The number of anilines is 1. The first-order chi connectivity index (χ1) is 11.7. The number of hydrogen-bond acceptors (Lipinski definition) is 4. The van der Waals surface area contributed by atoms with Crippen LogP contribution in [0, 0.1) is 0 Å². The van der Waals surface area contributed by atoms with E-state index in [9.17, 15) is 9.59 Å². The molecule has 24 heavy (non-hydrogen) atoms. The quantitative estimate of drug-likeness (QED) is 0.848. The summed E-state index contributed by atoms with van der Waals surface area (Å²) in [5.41, 5.74) is 1.43. The number of thioether (sulfide) groups is 1. The van der Waals surface area contributed by atoms with Gasteiger partial charge in [-0.3, -0.25) is 9.69 Å². The number of carbonyl (C=O) groups excluding carboxylic acids is 2. The van der Waals surface area contributed by atoms with Crippen molar-refractivity contribution in [1.82, 2.24) is 5.32 Å². The Bertz CT molecular complexity index is 736. The van der Waals surface area contributed by atoms with E-state index in [4.69, 9.17) is 4.74 Å². The molecule has 0 radical (unpaired) electrons. The van der Waals surface area contributed by atoms with E-state index in [-0.39, 0.29) is 24.6 Å². The van der Waals surface area contributed by atoms with Crippen LogP contribution in [0.2, 0.25) is 0 Å². The minimum absolute atomic E-state index is 0.158. The van der Waals surface area contributed by atoms with Crippen LogP contribution in [0.5, 0.6) is 0 Å². The number of ether oxygens (including phenoxy) is 1. The van der Waals surface area contributed by atoms with Gasteiger partial charge in [-0.25, -0.2) is 4.79 Å². The van der Waals surface area contributed by atoms with E-state index in [2.05, 4.69) is 5.32 Å². The van der Waals surface area contributed by atoms with Crippen LogP contribution in [0.1, 0.15) is 10.4 Å². The number of nitrogens with one attached hydrogen (secondary N) is 1. The summed E-state index contributed by atoms with van der Waals surface area (Å²) in [4.78, 5) is 26.8. The van der Waals surface area contributed by atoms with Crippen LogP contribution < -0.4 is 10.2 Å². The zero-order chi connectivity index (χ0) is 16.9. The van der Waals surface area contributed by atoms with E-state index in [1.807, 2.05) is 54.8 Å². The van der Waals surface area contributed by atoms with E-state index in [1.165, 1.54) is 11.8 Å². The highest BCUT2D eigenvalue weighted by molar-refractivity contribution is 7.98. The van der Waals surface area contributed by atoms with Gasteiger partial charge in [-0.05, 0) is 30.5 Å². The molecule has 1 fully saturated rings. The molecule has 2 amide bonds. The molecule has 1 atom stereocenters. The lowest BCUT2D eigenvalue weighted by molar-refractivity contribution is 0.0913. The Morgan fingerprint density at radius 3 is 2.67 bits per heavy atom. The zero-order valence-corrected chi connectivity index (χ0v) is 14.1. The van der Waals surface area contributed by atoms with Crippen LogP contribution in [-0.2, 0) is 4.74 Å². The Morgan fingerprint density at radius 1 is 1.21 bits per heavy atom. The maximum absolute atomic E-state index is 12.3. The third-order valence-electron chi connectivity index (χ3n) is 3.78. The van der Waals surface area contributed by atoms with Crippen LogP contribution in [0.15, 0.2) is 59.5 Å². The molecule has 2 aromatic rings. The highest BCUT2D eigenvalue weighted by atomic mass is 32.2. The summed E-state index contributed by atoms with van der Waals surface area (Å²) >= 11 is 1.53. The molecule has 0 spiro atoms. The summed E-state index contributed by atoms with van der Waals surface area (Å²) in [6.07, 6.45) is 1.19. The number of cyclic esters (lactones) is 1. The third-order valence-corrected chi connectivity index (χ3v) is 4.58. The molecular weight excluding hydrogens is 324 g/mol. The molecule has 1 aliphatic heterocycles. The van der Waals surface area contributed by atoms with Crippen LogP contribution in [0.25, 0.3) is 0 Å². The van der Waals surface area contributed by atoms with Gasteiger partial charge in [0, 0.05) is 10.6 Å². The first-order valence-corrected chi connectivity index (χ1v) is 8.86. The second kappa shape index (κ2) is 7.40. The van der Waals surface area contributed by atoms with Crippen molar-refractivity contribution >= 4 is 29.4 Å². The lowest BCUT2D eigenvalue weighted by atomic mass is 10.2. The van der Waals surface area contributed by atoms with Gasteiger partial charge in [0.2, 0.25) is 0 Å². The van der Waals surface area contributed by atoms with E-state index < -0.39 is 0 Å². The molecule has 0 aromatic heterocycles. The molecular formula is C18H18N2O3S. The summed E-state index contributed by atoms with van der Waals surface area (Å²) in [7, 11) is 0. The minimum Gasteiger partial charge on any atom is -0.442 e. The number of hydrogen-bond donors (Lipinski definition) is 1. The molecule has 2 aromatic carbocycles. The second-order valence-electron chi connectivity index (χ2n) is 5.36. The Labute approximate surface area is 145 Å². The van der Waals surface area contributed by atoms with Crippen LogP contribution in [0.3, 0.4) is 0 Å². The van der Waals surface area contributed by atoms with E-state index in [1.54, 1.807) is 11.0 Å². The zero-order valence-electron chi connectivity index (χ0n) is 13.3. The van der Waals surface area contributed by atoms with Crippen LogP contribution >= 0.6 is 11.8 Å². The fourth-order valence-corrected chi connectivity index (χ4v) is 3.18. The molecule has 0 saturated carbocycles.